The van der Waals surface area contributed by atoms with E-state index in [-0.39, 0.29) is 0 Å². The Balaban J connectivity index is 1.46. The van der Waals surface area contributed by atoms with Crippen LogP contribution in [0.5, 0.6) is 5.75 Å². The molecule has 0 aliphatic carbocycles. The molecule has 2 aromatic heterocycles. The Morgan fingerprint density at radius 3 is 3.04 bits per heavy atom. The van der Waals surface area contributed by atoms with E-state index in [1.807, 2.05) is 41.3 Å². The fourth-order valence-electron chi connectivity index (χ4n) is 3.60. The van der Waals surface area contributed by atoms with E-state index in [1.54, 1.807) is 7.11 Å². The fourth-order valence-corrected chi connectivity index (χ4v) is 3.60. The Morgan fingerprint density at radius 2 is 2.20 bits per heavy atom. The number of hydrogen-bond donors (Lipinski definition) is 1. The van der Waals surface area contributed by atoms with Crippen molar-refractivity contribution in [1.82, 2.24) is 24.9 Å². The highest BCUT2D eigenvalue weighted by Crippen LogP contribution is 2.27. The molecule has 4 rings (SSSR count). The van der Waals surface area contributed by atoms with Crippen LogP contribution >= 0.6 is 0 Å². The van der Waals surface area contributed by atoms with Crippen LogP contribution in [0.4, 0.5) is 0 Å². The van der Waals surface area contributed by atoms with Gasteiger partial charge in [0, 0.05) is 42.7 Å². The Morgan fingerprint density at radius 1 is 1.28 bits per heavy atom. The van der Waals surface area contributed by atoms with Gasteiger partial charge in [-0.3, -0.25) is 10.00 Å². The smallest absolute Gasteiger partial charge is 0.144 e. The highest BCUT2D eigenvalue weighted by Gasteiger charge is 2.22. The molecule has 1 aliphatic heterocycles. The van der Waals surface area contributed by atoms with Crippen molar-refractivity contribution in [2.45, 2.75) is 25.3 Å². The van der Waals surface area contributed by atoms with Crippen LogP contribution < -0.4 is 4.74 Å². The molecule has 0 spiro atoms. The summed E-state index contributed by atoms with van der Waals surface area (Å²) in [6.07, 6.45) is 8.32. The van der Waals surface area contributed by atoms with Gasteiger partial charge in [-0.25, -0.2) is 4.68 Å². The third-order valence-electron chi connectivity index (χ3n) is 4.84. The molecular formula is C19H23N5O. The van der Waals surface area contributed by atoms with E-state index >= 15 is 0 Å². The van der Waals surface area contributed by atoms with Gasteiger partial charge in [0.15, 0.2) is 0 Å². The van der Waals surface area contributed by atoms with Gasteiger partial charge in [-0.15, -0.1) is 0 Å². The molecule has 6 heteroatoms. The summed E-state index contributed by atoms with van der Waals surface area (Å²) < 4.78 is 7.33. The summed E-state index contributed by atoms with van der Waals surface area (Å²) in [7, 11) is 1.69. The molecule has 1 atom stereocenters. The van der Waals surface area contributed by atoms with Gasteiger partial charge in [0.05, 0.1) is 13.3 Å². The topological polar surface area (TPSA) is 59.0 Å². The van der Waals surface area contributed by atoms with Crippen LogP contribution in [0.2, 0.25) is 0 Å². The van der Waals surface area contributed by atoms with Crippen LogP contribution in [0.1, 0.15) is 30.0 Å². The maximum atomic E-state index is 5.43. The van der Waals surface area contributed by atoms with Gasteiger partial charge in [0.1, 0.15) is 11.4 Å². The first-order valence-corrected chi connectivity index (χ1v) is 8.72. The van der Waals surface area contributed by atoms with Crippen LogP contribution in [-0.4, -0.2) is 45.1 Å². The zero-order valence-electron chi connectivity index (χ0n) is 14.4. The second-order valence-electron chi connectivity index (χ2n) is 6.55. The lowest BCUT2D eigenvalue weighted by Crippen LogP contribution is -2.33. The monoisotopic (exact) mass is 337 g/mol. The van der Waals surface area contributed by atoms with Crippen LogP contribution in [0.3, 0.4) is 0 Å². The van der Waals surface area contributed by atoms with Crippen LogP contribution in [-0.2, 0) is 6.54 Å². The number of benzene rings is 1. The second-order valence-corrected chi connectivity index (χ2v) is 6.55. The minimum Gasteiger partial charge on any atom is -0.494 e. The Labute approximate surface area is 147 Å². The number of ether oxygens (including phenoxy) is 1. The van der Waals surface area contributed by atoms with Gasteiger partial charge in [-0.05, 0) is 37.6 Å². The molecule has 1 unspecified atom stereocenters. The summed E-state index contributed by atoms with van der Waals surface area (Å²) in [5.74, 6) is 1.37. The van der Waals surface area contributed by atoms with Crippen molar-refractivity contribution in [2.24, 2.45) is 0 Å². The Bertz CT molecular complexity index is 811. The van der Waals surface area contributed by atoms with Crippen molar-refractivity contribution in [2.75, 3.05) is 20.2 Å². The summed E-state index contributed by atoms with van der Waals surface area (Å²) in [5, 5.41) is 11.7. The van der Waals surface area contributed by atoms with E-state index < -0.39 is 0 Å². The number of likely N-dealkylation sites (tertiary alicyclic amines) is 1. The van der Waals surface area contributed by atoms with Crippen molar-refractivity contribution in [3.05, 3.63) is 60.2 Å². The first kappa shape index (κ1) is 15.9. The quantitative estimate of drug-likeness (QED) is 0.777. The zero-order chi connectivity index (χ0) is 17.1. The molecule has 25 heavy (non-hydrogen) atoms. The molecule has 1 aliphatic rings. The number of H-pyrrole nitrogens is 1. The molecule has 1 saturated heterocycles. The Kier molecular flexibility index (Phi) is 4.52. The number of aromatic nitrogens is 4. The van der Waals surface area contributed by atoms with Crippen molar-refractivity contribution in [3.63, 3.8) is 0 Å². The molecule has 3 aromatic rings. The molecule has 1 N–H and O–H groups in total. The average Bonchev–Trinajstić information content (AvgIpc) is 3.34. The maximum Gasteiger partial charge on any atom is 0.144 e. The SMILES string of the molecule is COc1ccccc1-n1cc(CN2CCCC(c3ccn[nH]3)C2)cn1. The van der Waals surface area contributed by atoms with E-state index in [0.717, 1.165) is 31.1 Å². The molecule has 0 saturated carbocycles. The molecular weight excluding hydrogens is 314 g/mol. The van der Waals surface area contributed by atoms with E-state index in [9.17, 15) is 0 Å². The summed E-state index contributed by atoms with van der Waals surface area (Å²) >= 11 is 0. The van der Waals surface area contributed by atoms with Gasteiger partial charge < -0.3 is 4.74 Å². The average molecular weight is 337 g/mol. The summed E-state index contributed by atoms with van der Waals surface area (Å²) in [6.45, 7) is 3.10. The summed E-state index contributed by atoms with van der Waals surface area (Å²) in [5.41, 5.74) is 3.43. The highest BCUT2D eigenvalue weighted by atomic mass is 16.5. The number of para-hydroxylation sites is 2. The second kappa shape index (κ2) is 7.11. The van der Waals surface area contributed by atoms with Gasteiger partial charge in [-0.1, -0.05) is 12.1 Å². The first-order valence-electron chi connectivity index (χ1n) is 8.72. The molecule has 3 heterocycles. The molecule has 0 radical (unpaired) electrons. The van der Waals surface area contributed by atoms with E-state index in [4.69, 9.17) is 4.74 Å². The number of nitrogens with zero attached hydrogens (tertiary/aromatic N) is 4. The van der Waals surface area contributed by atoms with Gasteiger partial charge in [0.25, 0.3) is 0 Å². The lowest BCUT2D eigenvalue weighted by molar-refractivity contribution is 0.198. The fraction of sp³-hybridized carbons (Fsp3) is 0.368. The number of aromatic amines is 1. The highest BCUT2D eigenvalue weighted by molar-refractivity contribution is 5.46. The number of hydrogen-bond acceptors (Lipinski definition) is 4. The van der Waals surface area contributed by atoms with Crippen molar-refractivity contribution in [1.29, 1.82) is 0 Å². The lowest BCUT2D eigenvalue weighted by Gasteiger charge is -2.31. The predicted octanol–water partition coefficient (Wildman–Crippen LogP) is 2.98. The molecule has 0 amide bonds. The predicted molar refractivity (Wildman–Crippen MR) is 96.0 cm³/mol. The lowest BCUT2D eigenvalue weighted by atomic mass is 9.95. The molecule has 1 fully saturated rings. The van der Waals surface area contributed by atoms with Crippen molar-refractivity contribution in [3.8, 4) is 11.4 Å². The largest absolute Gasteiger partial charge is 0.494 e. The normalized spacial score (nSPS) is 18.4. The number of nitrogens with one attached hydrogen (secondary N) is 1. The molecule has 1 aromatic carbocycles. The van der Waals surface area contributed by atoms with E-state index in [1.165, 1.54) is 24.1 Å². The standard InChI is InChI=1S/C19H23N5O/c1-25-19-7-3-2-6-18(19)24-13-15(11-21-24)12-23-10-4-5-16(14-23)17-8-9-20-22-17/h2-3,6-9,11,13,16H,4-5,10,12,14H2,1H3,(H,20,22). The summed E-state index contributed by atoms with van der Waals surface area (Å²) in [4.78, 5) is 2.50. The van der Waals surface area contributed by atoms with Crippen molar-refractivity contribution < 1.29 is 4.74 Å². The van der Waals surface area contributed by atoms with Crippen LogP contribution in [0, 0.1) is 0 Å². The van der Waals surface area contributed by atoms with E-state index in [2.05, 4.69) is 32.5 Å². The third kappa shape index (κ3) is 3.44. The van der Waals surface area contributed by atoms with E-state index in [0.29, 0.717) is 5.92 Å². The van der Waals surface area contributed by atoms with Crippen molar-refractivity contribution >= 4 is 0 Å². The van der Waals surface area contributed by atoms with Gasteiger partial charge in [-0.2, -0.15) is 10.2 Å². The zero-order valence-corrected chi connectivity index (χ0v) is 14.4. The maximum absolute atomic E-state index is 5.43. The van der Waals surface area contributed by atoms with Gasteiger partial charge in [0.2, 0.25) is 0 Å². The third-order valence-corrected chi connectivity index (χ3v) is 4.84. The minimum atomic E-state index is 0.542. The molecule has 6 nitrogen and oxygen atoms in total. The van der Waals surface area contributed by atoms with Crippen LogP contribution in [0.15, 0.2) is 48.9 Å². The Hall–Kier alpha value is -2.60. The number of piperidine rings is 1. The van der Waals surface area contributed by atoms with Crippen LogP contribution in [0.25, 0.3) is 5.69 Å². The summed E-state index contributed by atoms with van der Waals surface area (Å²) in [6, 6.07) is 10.0. The first-order chi connectivity index (χ1) is 12.3. The number of methoxy groups -OCH3 is 1. The van der Waals surface area contributed by atoms with Gasteiger partial charge >= 0.3 is 0 Å². The minimum absolute atomic E-state index is 0.542. The molecule has 130 valence electrons. The molecule has 0 bridgehead atoms. The number of rotatable bonds is 5.